The molecule has 3 nitrogen and oxygen atoms in total. The van der Waals surface area contributed by atoms with Crippen molar-refractivity contribution in [1.82, 2.24) is 4.90 Å². The van der Waals surface area contributed by atoms with Crippen molar-refractivity contribution < 1.29 is 4.79 Å². The van der Waals surface area contributed by atoms with E-state index in [0.29, 0.717) is 22.8 Å². The van der Waals surface area contributed by atoms with Crippen molar-refractivity contribution in [2.45, 2.75) is 19.4 Å². The van der Waals surface area contributed by atoms with Gasteiger partial charge < -0.3 is 10.6 Å². The van der Waals surface area contributed by atoms with E-state index in [4.69, 9.17) is 17.3 Å². The lowest BCUT2D eigenvalue weighted by molar-refractivity contribution is 0.0746. The number of nitrogens with zero attached hydrogens (tertiary/aromatic N) is 1. The number of aryl methyl sites for hydroxylation is 1. The number of carbonyl (C=O) groups excluding carboxylic acids is 1. The first-order chi connectivity index (χ1) is 10.1. The van der Waals surface area contributed by atoms with Crippen LogP contribution in [0.15, 0.2) is 42.5 Å². The molecule has 0 fully saturated rings. The van der Waals surface area contributed by atoms with Crippen LogP contribution in [0.1, 0.15) is 27.9 Å². The van der Waals surface area contributed by atoms with Gasteiger partial charge >= 0.3 is 0 Å². The van der Waals surface area contributed by atoms with Gasteiger partial charge in [-0.3, -0.25) is 4.79 Å². The highest BCUT2D eigenvalue weighted by molar-refractivity contribution is 6.31. The molecule has 0 spiro atoms. The zero-order valence-corrected chi connectivity index (χ0v) is 12.4. The van der Waals surface area contributed by atoms with Gasteiger partial charge in [0.2, 0.25) is 0 Å². The minimum absolute atomic E-state index is 0.0131. The second kappa shape index (κ2) is 5.78. The predicted octanol–water partition coefficient (Wildman–Crippen LogP) is 3.51. The number of nitrogen functional groups attached to an aromatic ring is 1. The fourth-order valence-corrected chi connectivity index (χ4v) is 3.04. The second-order valence-electron chi connectivity index (χ2n) is 5.37. The van der Waals surface area contributed by atoms with Crippen molar-refractivity contribution in [3.63, 3.8) is 0 Å². The molecule has 2 N–H and O–H groups in total. The SMILES string of the molecule is Nc1cc(Cl)cc(C(=O)N2CCCc3ccccc3C2)c1. The number of anilines is 1. The first-order valence-electron chi connectivity index (χ1n) is 7.05. The summed E-state index contributed by atoms with van der Waals surface area (Å²) in [4.78, 5) is 14.6. The van der Waals surface area contributed by atoms with E-state index in [1.807, 2.05) is 17.0 Å². The third-order valence-electron chi connectivity index (χ3n) is 3.81. The summed E-state index contributed by atoms with van der Waals surface area (Å²) in [5.41, 5.74) is 9.40. The van der Waals surface area contributed by atoms with Crippen molar-refractivity contribution >= 4 is 23.2 Å². The minimum Gasteiger partial charge on any atom is -0.399 e. The molecule has 1 amide bonds. The average Bonchev–Trinajstić information content (AvgIpc) is 2.67. The summed E-state index contributed by atoms with van der Waals surface area (Å²) < 4.78 is 0. The highest BCUT2D eigenvalue weighted by atomic mass is 35.5. The van der Waals surface area contributed by atoms with Gasteiger partial charge in [-0.15, -0.1) is 0 Å². The van der Waals surface area contributed by atoms with Crippen LogP contribution >= 0.6 is 11.6 Å². The Hall–Kier alpha value is -2.00. The lowest BCUT2D eigenvalue weighted by Gasteiger charge is -2.21. The highest BCUT2D eigenvalue weighted by Crippen LogP contribution is 2.22. The number of hydrogen-bond donors (Lipinski definition) is 1. The number of hydrogen-bond acceptors (Lipinski definition) is 2. The van der Waals surface area contributed by atoms with E-state index in [0.717, 1.165) is 19.4 Å². The third-order valence-corrected chi connectivity index (χ3v) is 4.03. The lowest BCUT2D eigenvalue weighted by atomic mass is 10.0. The molecule has 2 aromatic rings. The fraction of sp³-hybridized carbons (Fsp3) is 0.235. The summed E-state index contributed by atoms with van der Waals surface area (Å²) in [7, 11) is 0. The van der Waals surface area contributed by atoms with E-state index in [1.165, 1.54) is 11.1 Å². The van der Waals surface area contributed by atoms with Crippen LogP contribution in [0.3, 0.4) is 0 Å². The smallest absolute Gasteiger partial charge is 0.254 e. The van der Waals surface area contributed by atoms with E-state index >= 15 is 0 Å². The van der Waals surface area contributed by atoms with Gasteiger partial charge in [-0.2, -0.15) is 0 Å². The summed E-state index contributed by atoms with van der Waals surface area (Å²) in [5, 5.41) is 0.494. The number of benzene rings is 2. The molecule has 0 saturated carbocycles. The van der Waals surface area contributed by atoms with Gasteiger partial charge in [-0.1, -0.05) is 35.9 Å². The number of rotatable bonds is 1. The number of halogens is 1. The van der Waals surface area contributed by atoms with Gasteiger partial charge in [0.15, 0.2) is 0 Å². The number of amides is 1. The molecule has 4 heteroatoms. The van der Waals surface area contributed by atoms with Crippen LogP contribution in [0.25, 0.3) is 0 Å². The summed E-state index contributed by atoms with van der Waals surface area (Å²) in [6.07, 6.45) is 1.98. The molecular weight excluding hydrogens is 284 g/mol. The first-order valence-corrected chi connectivity index (χ1v) is 7.43. The normalized spacial score (nSPS) is 14.4. The molecule has 3 rings (SSSR count). The number of nitrogens with two attached hydrogens (primary N) is 1. The van der Waals surface area contributed by atoms with Crippen LogP contribution in [0.4, 0.5) is 5.69 Å². The molecule has 1 aliphatic rings. The van der Waals surface area contributed by atoms with Gasteiger partial charge in [0.1, 0.15) is 0 Å². The summed E-state index contributed by atoms with van der Waals surface area (Å²) in [6.45, 7) is 1.39. The van der Waals surface area contributed by atoms with Crippen molar-refractivity contribution in [2.24, 2.45) is 0 Å². The van der Waals surface area contributed by atoms with Gasteiger partial charge in [0, 0.05) is 29.4 Å². The Morgan fingerprint density at radius 2 is 1.90 bits per heavy atom. The molecule has 108 valence electrons. The van der Waals surface area contributed by atoms with E-state index in [-0.39, 0.29) is 5.91 Å². The van der Waals surface area contributed by atoms with Crippen molar-refractivity contribution in [2.75, 3.05) is 12.3 Å². The quantitative estimate of drug-likeness (QED) is 0.819. The maximum absolute atomic E-state index is 12.7. The van der Waals surface area contributed by atoms with Crippen molar-refractivity contribution in [1.29, 1.82) is 0 Å². The highest BCUT2D eigenvalue weighted by Gasteiger charge is 2.20. The monoisotopic (exact) mass is 300 g/mol. The van der Waals surface area contributed by atoms with Crippen LogP contribution in [0, 0.1) is 0 Å². The van der Waals surface area contributed by atoms with Crippen LogP contribution in [0.5, 0.6) is 0 Å². The third kappa shape index (κ3) is 3.03. The van der Waals surface area contributed by atoms with E-state index < -0.39 is 0 Å². The van der Waals surface area contributed by atoms with E-state index in [9.17, 15) is 4.79 Å². The van der Waals surface area contributed by atoms with Crippen LogP contribution in [0.2, 0.25) is 5.02 Å². The Kier molecular flexibility index (Phi) is 3.84. The Labute approximate surface area is 129 Å². The standard InChI is InChI=1S/C17H17ClN2O/c18-15-8-14(9-16(19)10-15)17(21)20-7-3-6-12-4-1-2-5-13(12)11-20/h1-2,4-5,8-10H,3,6-7,11,19H2. The zero-order chi connectivity index (χ0) is 14.8. The van der Waals surface area contributed by atoms with Gasteiger partial charge in [0.25, 0.3) is 5.91 Å². The van der Waals surface area contributed by atoms with Gasteiger partial charge in [0.05, 0.1) is 0 Å². The molecule has 1 heterocycles. The molecule has 0 aliphatic carbocycles. The average molecular weight is 301 g/mol. The van der Waals surface area contributed by atoms with Gasteiger partial charge in [-0.05, 0) is 42.2 Å². The van der Waals surface area contributed by atoms with Crippen molar-refractivity contribution in [3.8, 4) is 0 Å². The molecule has 0 bridgehead atoms. The molecule has 2 aromatic carbocycles. The first kappa shape index (κ1) is 14.0. The Bertz CT molecular complexity index is 664. The Morgan fingerprint density at radius 3 is 2.67 bits per heavy atom. The largest absolute Gasteiger partial charge is 0.399 e. The maximum atomic E-state index is 12.7. The summed E-state index contributed by atoms with van der Waals surface area (Å²) in [5.74, 6) is -0.0131. The number of fused-ring (bicyclic) bond motifs is 1. The molecule has 0 saturated heterocycles. The van der Waals surface area contributed by atoms with Crippen molar-refractivity contribution in [3.05, 3.63) is 64.2 Å². The number of carbonyl (C=O) groups is 1. The zero-order valence-electron chi connectivity index (χ0n) is 11.7. The minimum atomic E-state index is -0.0131. The summed E-state index contributed by atoms with van der Waals surface area (Å²) in [6, 6.07) is 13.3. The Morgan fingerprint density at radius 1 is 1.14 bits per heavy atom. The topological polar surface area (TPSA) is 46.3 Å². The van der Waals surface area contributed by atoms with E-state index in [1.54, 1.807) is 18.2 Å². The molecule has 21 heavy (non-hydrogen) atoms. The van der Waals surface area contributed by atoms with E-state index in [2.05, 4.69) is 12.1 Å². The maximum Gasteiger partial charge on any atom is 0.254 e. The fourth-order valence-electron chi connectivity index (χ4n) is 2.79. The van der Waals surface area contributed by atoms with Crippen LogP contribution in [-0.4, -0.2) is 17.4 Å². The predicted molar refractivity (Wildman–Crippen MR) is 85.4 cm³/mol. The molecule has 1 aliphatic heterocycles. The molecule has 0 unspecified atom stereocenters. The summed E-state index contributed by atoms with van der Waals surface area (Å²) >= 11 is 6.00. The molecule has 0 atom stereocenters. The molecule has 0 radical (unpaired) electrons. The second-order valence-corrected chi connectivity index (χ2v) is 5.81. The molecule has 0 aromatic heterocycles. The van der Waals surface area contributed by atoms with Gasteiger partial charge in [-0.25, -0.2) is 0 Å². The Balaban J connectivity index is 1.88. The van der Waals surface area contributed by atoms with Crippen LogP contribution < -0.4 is 5.73 Å². The van der Waals surface area contributed by atoms with Crippen LogP contribution in [-0.2, 0) is 13.0 Å². The molecular formula is C17H17ClN2O. The lowest BCUT2D eigenvalue weighted by Crippen LogP contribution is -2.30.